The number of ether oxygens (including phenoxy) is 1. The van der Waals surface area contributed by atoms with E-state index in [-0.39, 0.29) is 35.4 Å². The van der Waals surface area contributed by atoms with Crippen molar-refractivity contribution in [2.75, 3.05) is 0 Å². The van der Waals surface area contributed by atoms with E-state index < -0.39 is 5.75 Å². The highest BCUT2D eigenvalue weighted by molar-refractivity contribution is 5.96. The van der Waals surface area contributed by atoms with Crippen LogP contribution in [0.15, 0.2) is 0 Å². The van der Waals surface area contributed by atoms with E-state index in [0.29, 0.717) is 16.7 Å². The molecule has 0 radical (unpaired) electrons. The second-order valence-corrected chi connectivity index (χ2v) is 13.8. The van der Waals surface area contributed by atoms with Crippen molar-refractivity contribution in [2.45, 2.75) is 191 Å². The molecule has 5 heteroatoms. The Hall–Kier alpha value is -1.91. The number of hydrogen-bond acceptors (Lipinski definition) is 5. The lowest BCUT2D eigenvalue weighted by Gasteiger charge is -2.29. The smallest absolute Gasteiger partial charge is 0.339 e. The molecule has 3 N–H and O–H groups in total. The summed E-state index contributed by atoms with van der Waals surface area (Å²) in [5, 5.41) is 34.2. The molecule has 3 saturated carbocycles. The monoisotopic (exact) mass is 584 g/mol. The second-order valence-electron chi connectivity index (χ2n) is 13.8. The van der Waals surface area contributed by atoms with E-state index in [1.165, 1.54) is 70.6 Å². The van der Waals surface area contributed by atoms with Gasteiger partial charge in [-0.1, -0.05) is 122 Å². The van der Waals surface area contributed by atoms with Crippen molar-refractivity contribution in [1.29, 1.82) is 0 Å². The Morgan fingerprint density at radius 3 is 1.05 bits per heavy atom. The molecule has 0 saturated heterocycles. The summed E-state index contributed by atoms with van der Waals surface area (Å²) in [6.07, 6.45) is 29.6. The molecular formula is C37H60O5. The van der Waals surface area contributed by atoms with Crippen LogP contribution in [-0.2, 0) is 4.74 Å². The van der Waals surface area contributed by atoms with Crippen LogP contribution >= 0.6 is 0 Å². The van der Waals surface area contributed by atoms with Crippen molar-refractivity contribution >= 4 is 5.97 Å². The highest BCUT2D eigenvalue weighted by Gasteiger charge is 2.36. The molecule has 3 aliphatic rings. The van der Waals surface area contributed by atoms with Gasteiger partial charge in [-0.25, -0.2) is 4.79 Å². The van der Waals surface area contributed by atoms with Gasteiger partial charge in [0, 0.05) is 11.1 Å². The van der Waals surface area contributed by atoms with Crippen LogP contribution < -0.4 is 0 Å². The molecule has 3 aliphatic carbocycles. The zero-order valence-corrected chi connectivity index (χ0v) is 26.5. The Morgan fingerprint density at radius 1 is 0.429 bits per heavy atom. The van der Waals surface area contributed by atoms with Crippen LogP contribution in [0.2, 0.25) is 0 Å². The van der Waals surface area contributed by atoms with Gasteiger partial charge >= 0.3 is 5.97 Å². The van der Waals surface area contributed by atoms with Crippen molar-refractivity contribution in [2.24, 2.45) is 0 Å². The van der Waals surface area contributed by atoms with Crippen LogP contribution in [0.5, 0.6) is 17.2 Å². The molecule has 1 aromatic rings. The fourth-order valence-corrected chi connectivity index (χ4v) is 8.06. The fraction of sp³-hybridized carbons (Fsp3) is 0.811. The van der Waals surface area contributed by atoms with Crippen LogP contribution in [0.3, 0.4) is 0 Å². The average molecular weight is 585 g/mol. The molecule has 0 spiro atoms. The minimum absolute atomic E-state index is 0.0283. The fourth-order valence-electron chi connectivity index (χ4n) is 8.06. The van der Waals surface area contributed by atoms with E-state index in [0.717, 1.165) is 103 Å². The molecule has 0 unspecified atom stereocenters. The van der Waals surface area contributed by atoms with E-state index >= 15 is 0 Å². The highest BCUT2D eigenvalue weighted by Crippen LogP contribution is 2.52. The van der Waals surface area contributed by atoms with Gasteiger partial charge in [0.05, 0.1) is 5.56 Å². The van der Waals surface area contributed by atoms with Gasteiger partial charge in [0.1, 0.15) is 6.10 Å². The third-order valence-corrected chi connectivity index (χ3v) is 10.6. The molecule has 0 aliphatic heterocycles. The van der Waals surface area contributed by atoms with Crippen molar-refractivity contribution in [3.63, 3.8) is 0 Å². The maximum absolute atomic E-state index is 14.4. The van der Waals surface area contributed by atoms with E-state index in [2.05, 4.69) is 0 Å². The molecule has 238 valence electrons. The molecule has 3 fully saturated rings. The van der Waals surface area contributed by atoms with Crippen LogP contribution in [0.4, 0.5) is 0 Å². The summed E-state index contributed by atoms with van der Waals surface area (Å²) in [6, 6.07) is 0. The Bertz CT molecular complexity index is 873. The predicted molar refractivity (Wildman–Crippen MR) is 171 cm³/mol. The molecule has 0 amide bonds. The molecule has 42 heavy (non-hydrogen) atoms. The van der Waals surface area contributed by atoms with Gasteiger partial charge in [0.15, 0.2) is 11.5 Å². The molecule has 0 aromatic heterocycles. The van der Waals surface area contributed by atoms with Crippen LogP contribution in [0.1, 0.15) is 207 Å². The number of phenolic OH excluding ortho intramolecular Hbond substituents is 3. The molecule has 1 aromatic carbocycles. The van der Waals surface area contributed by atoms with Crippen molar-refractivity contribution in [1.82, 2.24) is 0 Å². The Labute approximate surface area is 255 Å². The summed E-state index contributed by atoms with van der Waals surface area (Å²) in [5.74, 6) is -1.47. The number of esters is 1. The second kappa shape index (κ2) is 18.0. The molecule has 5 nitrogen and oxygen atoms in total. The summed E-state index contributed by atoms with van der Waals surface area (Å²) in [6.45, 7) is 0. The van der Waals surface area contributed by atoms with Crippen LogP contribution in [0, 0.1) is 0 Å². The van der Waals surface area contributed by atoms with E-state index in [1.54, 1.807) is 0 Å². The number of carbonyl (C=O) groups is 1. The predicted octanol–water partition coefficient (Wildman–Crippen LogP) is 11.1. The Kier molecular flexibility index (Phi) is 14.2. The summed E-state index contributed by atoms with van der Waals surface area (Å²) < 4.78 is 6.38. The lowest BCUT2D eigenvalue weighted by atomic mass is 9.77. The van der Waals surface area contributed by atoms with Crippen molar-refractivity contribution < 1.29 is 24.9 Å². The lowest BCUT2D eigenvalue weighted by Crippen LogP contribution is -2.23. The number of rotatable bonds is 4. The number of phenols is 3. The zero-order valence-electron chi connectivity index (χ0n) is 26.5. The summed E-state index contributed by atoms with van der Waals surface area (Å²) in [4.78, 5) is 14.4. The van der Waals surface area contributed by atoms with Gasteiger partial charge in [-0.2, -0.15) is 0 Å². The van der Waals surface area contributed by atoms with Crippen molar-refractivity contribution in [3.8, 4) is 17.2 Å². The first-order valence-corrected chi connectivity index (χ1v) is 18.1. The highest BCUT2D eigenvalue weighted by atomic mass is 16.5. The van der Waals surface area contributed by atoms with Gasteiger partial charge in [0.25, 0.3) is 0 Å². The minimum atomic E-state index is -0.440. The number of aromatic hydroxyl groups is 3. The molecule has 0 bridgehead atoms. The van der Waals surface area contributed by atoms with Gasteiger partial charge in [-0.3, -0.25) is 0 Å². The maximum Gasteiger partial charge on any atom is 0.339 e. The van der Waals surface area contributed by atoms with Gasteiger partial charge in [-0.05, 0) is 63.2 Å². The maximum atomic E-state index is 14.4. The third kappa shape index (κ3) is 9.55. The van der Waals surface area contributed by atoms with E-state index in [4.69, 9.17) is 4.74 Å². The summed E-state index contributed by atoms with van der Waals surface area (Å²) in [7, 11) is 0. The standard InChI is InChI=1S/C37H60O5/c38-34-31(28-22-16-10-4-1-5-11-17-23-28)33(37(41)42-30-26-20-14-8-3-9-15-21-27-30)32(35(39)36(34)40)29-24-18-12-6-2-7-13-19-25-29/h28-30,38-40H,1-27H2. The zero-order chi connectivity index (χ0) is 29.6. The lowest BCUT2D eigenvalue weighted by molar-refractivity contribution is 0.0241. The topological polar surface area (TPSA) is 87.0 Å². The largest absolute Gasteiger partial charge is 0.504 e. The normalized spacial score (nSPS) is 22.7. The minimum Gasteiger partial charge on any atom is -0.504 e. The van der Waals surface area contributed by atoms with E-state index in [1.807, 2.05) is 0 Å². The average Bonchev–Trinajstić information content (AvgIpc) is 3.00. The number of hydrogen-bond donors (Lipinski definition) is 3. The van der Waals surface area contributed by atoms with Gasteiger partial charge < -0.3 is 20.1 Å². The van der Waals surface area contributed by atoms with Gasteiger partial charge in [0.2, 0.25) is 5.75 Å². The van der Waals surface area contributed by atoms with Crippen LogP contribution in [0.25, 0.3) is 0 Å². The quantitative estimate of drug-likeness (QED) is 0.242. The first-order valence-electron chi connectivity index (χ1n) is 18.1. The molecular weight excluding hydrogens is 524 g/mol. The number of carbonyl (C=O) groups excluding carboxylic acids is 1. The first-order chi connectivity index (χ1) is 20.6. The van der Waals surface area contributed by atoms with E-state index in [9.17, 15) is 20.1 Å². The van der Waals surface area contributed by atoms with Crippen LogP contribution in [-0.4, -0.2) is 27.4 Å². The third-order valence-electron chi connectivity index (χ3n) is 10.6. The first kappa shape index (κ1) is 33.0. The number of benzene rings is 1. The molecule has 0 heterocycles. The van der Waals surface area contributed by atoms with Crippen molar-refractivity contribution in [3.05, 3.63) is 16.7 Å². The Morgan fingerprint density at radius 2 is 0.714 bits per heavy atom. The SMILES string of the molecule is O=C(OC1CCCCCCCCC1)c1c(C2CCCCCCCCC2)c(O)c(O)c(O)c1C1CCCCCCCCC1. The summed E-state index contributed by atoms with van der Waals surface area (Å²) in [5.41, 5.74) is 1.51. The molecule has 4 rings (SSSR count). The summed E-state index contributed by atoms with van der Waals surface area (Å²) >= 11 is 0. The molecule has 0 atom stereocenters. The van der Waals surface area contributed by atoms with Gasteiger partial charge in [-0.15, -0.1) is 0 Å². The Balaban J connectivity index is 1.75.